The zero-order valence-electron chi connectivity index (χ0n) is 13.0. The molecule has 0 radical (unpaired) electrons. The molecule has 0 saturated carbocycles. The van der Waals surface area contributed by atoms with Gasteiger partial charge < -0.3 is 9.67 Å². The molecule has 0 aliphatic carbocycles. The van der Waals surface area contributed by atoms with Crippen molar-refractivity contribution in [3.8, 4) is 0 Å². The molecule has 2 rings (SSSR count). The first-order valence-electron chi connectivity index (χ1n) is 7.80. The smallest absolute Gasteiger partial charge is 0.165 e. The number of hydrogen-bond donors (Lipinski definition) is 1. The zero-order valence-corrected chi connectivity index (χ0v) is 13.8. The van der Waals surface area contributed by atoms with Crippen LogP contribution in [0.2, 0.25) is 5.15 Å². The Morgan fingerprint density at radius 2 is 2.05 bits per heavy atom. The average Bonchev–Trinajstić information content (AvgIpc) is 2.95. The summed E-state index contributed by atoms with van der Waals surface area (Å²) < 4.78 is 1.95. The Bertz CT molecular complexity index is 626. The van der Waals surface area contributed by atoms with E-state index in [0.29, 0.717) is 16.3 Å². The number of unbranched alkanes of at least 4 members (excludes halogenated alkanes) is 4. The van der Waals surface area contributed by atoms with Gasteiger partial charge in [-0.05, 0) is 12.0 Å². The normalized spacial score (nSPS) is 12.7. The van der Waals surface area contributed by atoms with Crippen molar-refractivity contribution in [2.45, 2.75) is 51.5 Å². The second-order valence-electron chi connectivity index (χ2n) is 5.52. The summed E-state index contributed by atoms with van der Waals surface area (Å²) in [5.74, 6) is 0. The van der Waals surface area contributed by atoms with Crippen LogP contribution in [0.25, 0.3) is 11.2 Å². The number of fused-ring (bicyclic) bond motifs is 1. The quantitative estimate of drug-likeness (QED) is 0.431. The van der Waals surface area contributed by atoms with Gasteiger partial charge in [0.2, 0.25) is 0 Å². The molecule has 0 fully saturated rings. The van der Waals surface area contributed by atoms with Crippen molar-refractivity contribution in [3.05, 3.63) is 30.0 Å². The SMILES string of the molecule is C=C(CO)C(CCCCCCC)n1cnc2c(Cl)ncnc21. The van der Waals surface area contributed by atoms with Gasteiger partial charge in [-0.3, -0.25) is 0 Å². The maximum atomic E-state index is 9.48. The van der Waals surface area contributed by atoms with Crippen molar-refractivity contribution < 1.29 is 5.11 Å². The Kier molecular flexibility index (Phi) is 6.34. The Labute approximate surface area is 136 Å². The molecule has 0 aliphatic heterocycles. The highest BCUT2D eigenvalue weighted by atomic mass is 35.5. The van der Waals surface area contributed by atoms with Crippen LogP contribution in [0, 0.1) is 0 Å². The minimum absolute atomic E-state index is 0.0115. The van der Waals surface area contributed by atoms with Crippen LogP contribution in [0.1, 0.15) is 51.5 Å². The second kappa shape index (κ2) is 8.25. The highest BCUT2D eigenvalue weighted by molar-refractivity contribution is 6.33. The summed E-state index contributed by atoms with van der Waals surface area (Å²) in [4.78, 5) is 12.5. The highest BCUT2D eigenvalue weighted by Gasteiger charge is 2.18. The standard InChI is InChI=1S/C16H23ClN4O/c1-3-4-5-6-7-8-13(12(2)9-22)21-11-20-14-15(17)18-10-19-16(14)21/h10-11,13,22H,2-9H2,1H3. The van der Waals surface area contributed by atoms with E-state index >= 15 is 0 Å². The van der Waals surface area contributed by atoms with E-state index in [-0.39, 0.29) is 12.6 Å². The molecule has 0 saturated heterocycles. The second-order valence-corrected chi connectivity index (χ2v) is 5.88. The summed E-state index contributed by atoms with van der Waals surface area (Å²) in [7, 11) is 0. The summed E-state index contributed by atoms with van der Waals surface area (Å²) in [6.07, 6.45) is 10.1. The van der Waals surface area contributed by atoms with E-state index in [0.717, 1.165) is 18.4 Å². The van der Waals surface area contributed by atoms with Crippen molar-refractivity contribution in [2.75, 3.05) is 6.61 Å². The first-order chi connectivity index (χ1) is 10.7. The van der Waals surface area contributed by atoms with E-state index in [4.69, 9.17) is 11.6 Å². The molecule has 2 heterocycles. The van der Waals surface area contributed by atoms with Crippen LogP contribution in [0.5, 0.6) is 0 Å². The van der Waals surface area contributed by atoms with E-state index in [9.17, 15) is 5.11 Å². The minimum atomic E-state index is -0.0435. The maximum absolute atomic E-state index is 9.48. The number of hydrogen-bond acceptors (Lipinski definition) is 4. The van der Waals surface area contributed by atoms with Crippen LogP contribution in [-0.4, -0.2) is 31.2 Å². The lowest BCUT2D eigenvalue weighted by Crippen LogP contribution is -2.13. The van der Waals surface area contributed by atoms with E-state index in [2.05, 4.69) is 28.5 Å². The predicted octanol–water partition coefficient (Wildman–Crippen LogP) is 3.93. The third-order valence-electron chi connectivity index (χ3n) is 3.91. The van der Waals surface area contributed by atoms with Crippen LogP contribution < -0.4 is 0 Å². The Balaban J connectivity index is 2.17. The van der Waals surface area contributed by atoms with Crippen molar-refractivity contribution in [1.82, 2.24) is 19.5 Å². The van der Waals surface area contributed by atoms with Gasteiger partial charge in [0.1, 0.15) is 11.8 Å². The van der Waals surface area contributed by atoms with Gasteiger partial charge in [-0.15, -0.1) is 0 Å². The van der Waals surface area contributed by atoms with Gasteiger partial charge in [-0.1, -0.05) is 57.2 Å². The lowest BCUT2D eigenvalue weighted by atomic mass is 10.0. The number of aliphatic hydroxyl groups excluding tert-OH is 1. The molecule has 5 nitrogen and oxygen atoms in total. The molecule has 2 aromatic rings. The number of halogens is 1. The Hall–Kier alpha value is -1.46. The van der Waals surface area contributed by atoms with Gasteiger partial charge >= 0.3 is 0 Å². The van der Waals surface area contributed by atoms with Crippen LogP contribution in [0.3, 0.4) is 0 Å². The summed E-state index contributed by atoms with van der Waals surface area (Å²) in [5, 5.41) is 9.83. The molecule has 6 heteroatoms. The topological polar surface area (TPSA) is 63.8 Å². The summed E-state index contributed by atoms with van der Waals surface area (Å²) in [5.41, 5.74) is 2.04. The minimum Gasteiger partial charge on any atom is -0.392 e. The van der Waals surface area contributed by atoms with Gasteiger partial charge in [-0.2, -0.15) is 0 Å². The Morgan fingerprint density at radius 1 is 1.27 bits per heavy atom. The van der Waals surface area contributed by atoms with Crippen LogP contribution in [0.4, 0.5) is 0 Å². The van der Waals surface area contributed by atoms with E-state index < -0.39 is 0 Å². The summed E-state index contributed by atoms with van der Waals surface area (Å²) >= 11 is 6.05. The largest absolute Gasteiger partial charge is 0.392 e. The van der Waals surface area contributed by atoms with E-state index in [1.54, 1.807) is 6.33 Å². The van der Waals surface area contributed by atoms with Crippen LogP contribution >= 0.6 is 11.6 Å². The van der Waals surface area contributed by atoms with Crippen LogP contribution in [-0.2, 0) is 0 Å². The number of aliphatic hydroxyl groups is 1. The lowest BCUT2D eigenvalue weighted by Gasteiger charge is -2.20. The molecule has 0 bridgehead atoms. The molecule has 1 atom stereocenters. The Morgan fingerprint density at radius 3 is 2.77 bits per heavy atom. The molecule has 1 N–H and O–H groups in total. The van der Waals surface area contributed by atoms with Crippen molar-refractivity contribution in [2.24, 2.45) is 0 Å². The first-order valence-corrected chi connectivity index (χ1v) is 8.18. The average molecular weight is 323 g/mol. The van der Waals surface area contributed by atoms with Gasteiger partial charge in [0.25, 0.3) is 0 Å². The molecule has 22 heavy (non-hydrogen) atoms. The fraction of sp³-hybridized carbons (Fsp3) is 0.562. The van der Waals surface area contributed by atoms with Crippen molar-refractivity contribution in [1.29, 1.82) is 0 Å². The zero-order chi connectivity index (χ0) is 15.9. The predicted molar refractivity (Wildman–Crippen MR) is 89.0 cm³/mol. The van der Waals surface area contributed by atoms with Crippen molar-refractivity contribution >= 4 is 22.8 Å². The number of nitrogens with zero attached hydrogens (tertiary/aromatic N) is 4. The summed E-state index contributed by atoms with van der Waals surface area (Å²) in [6, 6.07) is -0.0115. The van der Waals surface area contributed by atoms with E-state index in [1.807, 2.05) is 4.57 Å². The fourth-order valence-electron chi connectivity index (χ4n) is 2.64. The van der Waals surface area contributed by atoms with E-state index in [1.165, 1.54) is 32.0 Å². The van der Waals surface area contributed by atoms with Gasteiger partial charge in [0.15, 0.2) is 10.8 Å². The number of aromatic nitrogens is 4. The van der Waals surface area contributed by atoms with Gasteiger partial charge in [0.05, 0.1) is 19.0 Å². The highest BCUT2D eigenvalue weighted by Crippen LogP contribution is 2.28. The third-order valence-corrected chi connectivity index (χ3v) is 4.18. The van der Waals surface area contributed by atoms with Gasteiger partial charge in [0, 0.05) is 0 Å². The summed E-state index contributed by atoms with van der Waals surface area (Å²) in [6.45, 7) is 6.16. The molecular weight excluding hydrogens is 300 g/mol. The van der Waals surface area contributed by atoms with Crippen molar-refractivity contribution in [3.63, 3.8) is 0 Å². The number of imidazole rings is 1. The molecule has 1 unspecified atom stereocenters. The maximum Gasteiger partial charge on any atom is 0.165 e. The fourth-order valence-corrected chi connectivity index (χ4v) is 2.81. The molecular formula is C16H23ClN4O. The molecule has 0 amide bonds. The van der Waals surface area contributed by atoms with Crippen LogP contribution in [0.15, 0.2) is 24.8 Å². The molecule has 2 aromatic heterocycles. The van der Waals surface area contributed by atoms with Gasteiger partial charge in [-0.25, -0.2) is 15.0 Å². The molecule has 0 aromatic carbocycles. The number of rotatable bonds is 9. The molecule has 0 spiro atoms. The first kappa shape index (κ1) is 16.9. The molecule has 0 aliphatic rings. The monoisotopic (exact) mass is 322 g/mol. The molecule has 120 valence electrons. The lowest BCUT2D eigenvalue weighted by molar-refractivity contribution is 0.309. The third kappa shape index (κ3) is 3.84.